The zero-order chi connectivity index (χ0) is 83.1. The summed E-state index contributed by atoms with van der Waals surface area (Å²) in [5.41, 5.74) is 0. The van der Waals surface area contributed by atoms with Crippen LogP contribution >= 0.6 is 15.6 Å². The van der Waals surface area contributed by atoms with Crippen LogP contribution in [0.4, 0.5) is 0 Å². The van der Waals surface area contributed by atoms with E-state index < -0.39 is 97.5 Å². The Morgan fingerprint density at radius 3 is 0.781 bits per heavy atom. The van der Waals surface area contributed by atoms with Gasteiger partial charge in [0.25, 0.3) is 0 Å². The predicted molar refractivity (Wildman–Crippen MR) is 472 cm³/mol. The Bertz CT molecular complexity index is 3120. The van der Waals surface area contributed by atoms with Crippen LogP contribution in [0.3, 0.4) is 0 Å². The lowest BCUT2D eigenvalue weighted by atomic mass is 10.1. The molecule has 0 bridgehead atoms. The number of ether oxygens (including phenoxy) is 4. The molecule has 19 heteroatoms. The van der Waals surface area contributed by atoms with Crippen molar-refractivity contribution in [2.75, 3.05) is 39.6 Å². The van der Waals surface area contributed by atoms with Crippen molar-refractivity contribution < 1.29 is 80.2 Å². The van der Waals surface area contributed by atoms with E-state index in [4.69, 9.17) is 37.0 Å². The maximum absolute atomic E-state index is 13.1. The van der Waals surface area contributed by atoms with Gasteiger partial charge in [-0.2, -0.15) is 0 Å². The lowest BCUT2D eigenvalue weighted by molar-refractivity contribution is -0.161. The molecule has 0 saturated carbocycles. The van der Waals surface area contributed by atoms with Gasteiger partial charge in [0.15, 0.2) is 12.2 Å². The van der Waals surface area contributed by atoms with Gasteiger partial charge in [-0.15, -0.1) is 0 Å². The van der Waals surface area contributed by atoms with Gasteiger partial charge in [0.05, 0.1) is 26.4 Å². The third-order valence-corrected chi connectivity index (χ3v) is 18.2. The van der Waals surface area contributed by atoms with E-state index in [0.29, 0.717) is 44.9 Å². The molecular weight excluding hydrogens is 1470 g/mol. The molecular formula is C95H146O17P2. The van der Waals surface area contributed by atoms with Crippen molar-refractivity contribution in [1.29, 1.82) is 0 Å². The van der Waals surface area contributed by atoms with Crippen molar-refractivity contribution >= 4 is 39.5 Å². The van der Waals surface area contributed by atoms with Gasteiger partial charge in [0, 0.05) is 25.7 Å². The number of carbonyl (C=O) groups is 4. The largest absolute Gasteiger partial charge is 0.472 e. The topological polar surface area (TPSA) is 237 Å². The maximum Gasteiger partial charge on any atom is 0.472 e. The van der Waals surface area contributed by atoms with Crippen molar-refractivity contribution in [1.82, 2.24) is 0 Å². The molecule has 638 valence electrons. The number of esters is 4. The molecule has 0 aromatic rings. The minimum atomic E-state index is -5.04. The number of phosphoric ester groups is 2. The SMILES string of the molecule is CC/C=C\C/C=C\C/C=C\C/C=C\C/C=C\C/C=C\CCC(=O)O[C@H](COC(=O)CCCCC/C=C\C/C=C\C/C=C\C/C=C\C/C=C\CC)COP(=O)(O)OC[C@@H](O)COP(=O)(O)OC[C@@H](COC(=O)CC/C=C\C/C=C\C/C=C\C/C=C\C/C=C\CCCCC)OC(=O)CCC/C=C\C/C=C\C/C=C\C/C=C\CCCCC. The maximum atomic E-state index is 13.1. The summed E-state index contributed by atoms with van der Waals surface area (Å²) in [6.45, 7) is 4.28. The fraction of sp³-hybridized carbons (Fsp3) is 0.537. The molecule has 0 aliphatic carbocycles. The van der Waals surface area contributed by atoms with Gasteiger partial charge in [-0.1, -0.05) is 303 Å². The summed E-state index contributed by atoms with van der Waals surface area (Å²) in [7, 11) is -10.1. The van der Waals surface area contributed by atoms with Gasteiger partial charge in [-0.25, -0.2) is 9.13 Å². The summed E-state index contributed by atoms with van der Waals surface area (Å²) in [6.07, 6.45) is 110. The first kappa shape index (κ1) is 107. The molecule has 0 aromatic carbocycles. The first-order valence-electron chi connectivity index (χ1n) is 42.3. The van der Waals surface area contributed by atoms with E-state index in [1.165, 1.54) is 38.5 Å². The normalized spacial score (nSPS) is 15.0. The molecule has 0 aliphatic heterocycles. The van der Waals surface area contributed by atoms with Crippen LogP contribution in [0.2, 0.25) is 0 Å². The fourth-order valence-corrected chi connectivity index (χ4v) is 11.5. The third-order valence-electron chi connectivity index (χ3n) is 16.3. The lowest BCUT2D eigenvalue weighted by Gasteiger charge is -2.21. The number of rotatable bonds is 76. The Hall–Kier alpha value is -7.14. The van der Waals surface area contributed by atoms with Crippen LogP contribution in [-0.2, 0) is 65.4 Å². The molecule has 114 heavy (non-hydrogen) atoms. The van der Waals surface area contributed by atoms with E-state index in [-0.39, 0.29) is 25.7 Å². The van der Waals surface area contributed by atoms with E-state index in [1.54, 1.807) is 0 Å². The first-order valence-corrected chi connectivity index (χ1v) is 45.3. The second-order valence-electron chi connectivity index (χ2n) is 26.9. The number of carbonyl (C=O) groups excluding carboxylic acids is 4. The third kappa shape index (κ3) is 82.8. The number of unbranched alkanes of at least 4 members (excludes halogenated alkanes) is 10. The quantitative estimate of drug-likeness (QED) is 0.0169. The molecule has 5 atom stereocenters. The van der Waals surface area contributed by atoms with Gasteiger partial charge in [0.1, 0.15) is 19.3 Å². The van der Waals surface area contributed by atoms with Gasteiger partial charge < -0.3 is 33.8 Å². The van der Waals surface area contributed by atoms with Crippen molar-refractivity contribution in [3.8, 4) is 0 Å². The lowest BCUT2D eigenvalue weighted by Crippen LogP contribution is -2.30. The Morgan fingerprint density at radius 2 is 0.482 bits per heavy atom. The second kappa shape index (κ2) is 83.8. The van der Waals surface area contributed by atoms with Gasteiger partial charge >= 0.3 is 39.5 Å². The molecule has 3 N–H and O–H groups in total. The average molecular weight is 1620 g/mol. The highest BCUT2D eigenvalue weighted by molar-refractivity contribution is 7.47. The number of aliphatic hydroxyl groups excluding tert-OH is 1. The average Bonchev–Trinajstić information content (AvgIpc) is 0.901. The summed E-state index contributed by atoms with van der Waals surface area (Å²) < 4.78 is 68.5. The van der Waals surface area contributed by atoms with Gasteiger partial charge in [0.2, 0.25) is 0 Å². The van der Waals surface area contributed by atoms with E-state index in [1.807, 2.05) is 48.6 Å². The summed E-state index contributed by atoms with van der Waals surface area (Å²) in [5.74, 6) is -2.51. The molecule has 0 fully saturated rings. The van der Waals surface area contributed by atoms with Crippen LogP contribution in [0.5, 0.6) is 0 Å². The number of aliphatic hydroxyl groups is 1. The molecule has 0 heterocycles. The standard InChI is InChI=1S/C95H146O17P2/c1-5-9-13-17-21-25-29-33-37-41-44-48-51-55-59-63-67-71-75-79-92(97)105-85-90(111-94(99)81-77-73-69-65-61-57-53-47-40-36-32-28-24-20-16-12-8-4)87-109-113(101,102)107-83-89(96)84-108-114(103,104)110-88-91(112-95(100)82-78-74-70-66-62-58-54-50-46-43-39-35-31-27-23-19-15-11-7-3)86-106-93(98)80-76-72-68-64-60-56-52-49-45-42-38-34-30-26-22-18-14-10-6-2/h10-11,14-15,21-28,33-40,44-46,48-50,53,55-60,62,65,67,69-71,74,89-91,96H,5-9,12-13,16-20,29-32,41-43,47,51-52,54,61,63-64,66,68,72-73,75-88H2,1-4H3,(H,101,102)(H,103,104)/b14-10-,15-11-,25-21-,26-22-,27-23-,28-24-,37-33-,38-34-,39-35-,40-36-,48-44-,49-45-,50-46-,57-53-,59-55-,60-56-,62-58-,69-65-,71-67-,74-70-/t89-,90+,91+/m0/s1. The highest BCUT2D eigenvalue weighted by atomic mass is 31.2. The monoisotopic (exact) mass is 1620 g/mol. The van der Waals surface area contributed by atoms with Crippen LogP contribution in [0, 0.1) is 0 Å². The summed E-state index contributed by atoms with van der Waals surface area (Å²) in [4.78, 5) is 73.2. The molecule has 0 radical (unpaired) electrons. The number of phosphoric acid groups is 2. The van der Waals surface area contributed by atoms with Crippen LogP contribution in [0.1, 0.15) is 272 Å². The van der Waals surface area contributed by atoms with E-state index in [9.17, 15) is 43.2 Å². The summed E-state index contributed by atoms with van der Waals surface area (Å²) in [5, 5.41) is 10.7. The van der Waals surface area contributed by atoms with Gasteiger partial charge in [-0.3, -0.25) is 37.3 Å². The Kier molecular flexibility index (Phi) is 78.5. The van der Waals surface area contributed by atoms with Crippen LogP contribution < -0.4 is 0 Å². The smallest absolute Gasteiger partial charge is 0.462 e. The first-order chi connectivity index (χ1) is 55.7. The molecule has 0 aromatic heterocycles. The zero-order valence-corrected chi connectivity index (χ0v) is 71.7. The molecule has 0 amide bonds. The molecule has 0 aliphatic rings. The van der Waals surface area contributed by atoms with Crippen LogP contribution in [0.15, 0.2) is 243 Å². The number of hydrogen-bond acceptors (Lipinski definition) is 15. The Morgan fingerprint density at radius 1 is 0.254 bits per heavy atom. The Labute approximate surface area is 688 Å². The summed E-state index contributed by atoms with van der Waals surface area (Å²) >= 11 is 0. The van der Waals surface area contributed by atoms with E-state index >= 15 is 0 Å². The van der Waals surface area contributed by atoms with Gasteiger partial charge in [-0.05, 0) is 186 Å². The highest BCUT2D eigenvalue weighted by Gasteiger charge is 2.30. The number of hydrogen-bond donors (Lipinski definition) is 3. The second-order valence-corrected chi connectivity index (χ2v) is 29.8. The van der Waals surface area contributed by atoms with Crippen LogP contribution in [0.25, 0.3) is 0 Å². The molecule has 0 rings (SSSR count). The number of allylic oxidation sites excluding steroid dienone is 40. The van der Waals surface area contributed by atoms with Crippen molar-refractivity contribution in [2.24, 2.45) is 0 Å². The van der Waals surface area contributed by atoms with E-state index in [2.05, 4.69) is 222 Å². The van der Waals surface area contributed by atoms with Crippen LogP contribution in [-0.4, -0.2) is 96.7 Å². The summed E-state index contributed by atoms with van der Waals surface area (Å²) in [6, 6.07) is 0. The minimum absolute atomic E-state index is 0.0100. The fourth-order valence-electron chi connectivity index (χ4n) is 9.95. The van der Waals surface area contributed by atoms with E-state index in [0.717, 1.165) is 135 Å². The highest BCUT2D eigenvalue weighted by Crippen LogP contribution is 2.45. The predicted octanol–water partition coefficient (Wildman–Crippen LogP) is 25.6. The zero-order valence-electron chi connectivity index (χ0n) is 69.9. The molecule has 2 unspecified atom stereocenters. The molecule has 0 saturated heterocycles. The Balaban J connectivity index is 5.64. The van der Waals surface area contributed by atoms with Crippen molar-refractivity contribution in [3.05, 3.63) is 243 Å². The van der Waals surface area contributed by atoms with Crippen molar-refractivity contribution in [2.45, 2.75) is 290 Å². The minimum Gasteiger partial charge on any atom is -0.462 e. The van der Waals surface area contributed by atoms with Crippen molar-refractivity contribution in [3.63, 3.8) is 0 Å². The molecule has 0 spiro atoms. The molecule has 17 nitrogen and oxygen atoms in total.